The SMILES string of the molecule is [C-]#[N+]c1ccc2c(c1)C(C)(C)c1cccc(-c3cccc(-c4nc(-c5ccc6ccccc6c5)nc(-c5ccc6ccccc6c5)n4)c3)c1-2.[C-]#[N+]c1ccc2c(c1)C(C)(C)c1cccc(-c3cccc(-c4nc(-c5cccc6ccccc56)nc(-c5cccc6ccccc56)n4)c3)c1-2.[C-]#[N+]c1ccc2c(c1)C(C)(C)c1cccc(-c3cccc(-c4nc(-c5ccccc5)nc(-c5cccc6ccccc56)n4)c3)c1-2. The van der Waals surface area contributed by atoms with Crippen molar-refractivity contribution in [2.45, 2.75) is 57.8 Å². The molecule has 26 rings (SSSR count). The van der Waals surface area contributed by atoms with Gasteiger partial charge in [-0.15, -0.1) is 0 Å². The first-order chi connectivity index (χ1) is 70.0. The lowest BCUT2D eigenvalue weighted by Gasteiger charge is -2.22. The number of aromatic nitrogens is 9. The van der Waals surface area contributed by atoms with Crippen molar-refractivity contribution in [3.8, 4) is 169 Å². The smallest absolute Gasteiger partial charge is 0.187 e. The molecule has 12 heteroatoms. The topological polar surface area (TPSA) is 129 Å². The van der Waals surface area contributed by atoms with Crippen LogP contribution in [-0.4, -0.2) is 44.9 Å². The third-order valence-electron chi connectivity index (χ3n) is 28.8. The van der Waals surface area contributed by atoms with Crippen molar-refractivity contribution in [1.29, 1.82) is 0 Å². The number of fused-ring (bicyclic) bond motifs is 14. The average Bonchev–Trinajstić information content (AvgIpc) is 1.57. The molecule has 23 aromatic rings. The Morgan fingerprint density at radius 3 is 0.727 bits per heavy atom. The van der Waals surface area contributed by atoms with Crippen LogP contribution in [0.4, 0.5) is 17.1 Å². The highest BCUT2D eigenvalue weighted by Gasteiger charge is 2.41. The third-order valence-corrected chi connectivity index (χ3v) is 28.8. The molecule has 12 nitrogen and oxygen atoms in total. The van der Waals surface area contributed by atoms with Gasteiger partial charge in [0.25, 0.3) is 0 Å². The van der Waals surface area contributed by atoms with Crippen molar-refractivity contribution >= 4 is 70.9 Å². The highest BCUT2D eigenvalue weighted by atomic mass is 15.1. The van der Waals surface area contributed by atoms with Gasteiger partial charge in [0.15, 0.2) is 69.5 Å². The van der Waals surface area contributed by atoms with Crippen LogP contribution < -0.4 is 0 Å². The minimum absolute atomic E-state index is 0.203. The predicted octanol–water partition coefficient (Wildman–Crippen LogP) is 34.0. The minimum atomic E-state index is -0.214. The summed E-state index contributed by atoms with van der Waals surface area (Å²) in [5.41, 5.74) is 31.2. The van der Waals surface area contributed by atoms with Crippen LogP contribution in [0.3, 0.4) is 0 Å². The van der Waals surface area contributed by atoms with Gasteiger partial charge in [-0.05, 0) is 184 Å². The van der Waals surface area contributed by atoms with Crippen LogP contribution in [0.15, 0.2) is 425 Å². The third kappa shape index (κ3) is 15.5. The van der Waals surface area contributed by atoms with Crippen LogP contribution >= 0.6 is 0 Å². The Balaban J connectivity index is 0.000000116. The zero-order chi connectivity index (χ0) is 96.8. The molecule has 3 heterocycles. The first-order valence-electron chi connectivity index (χ1n) is 48.0. The van der Waals surface area contributed by atoms with E-state index in [4.69, 9.17) is 64.6 Å². The molecule has 3 aliphatic carbocycles. The maximum Gasteiger partial charge on any atom is 0.187 e. The maximum absolute atomic E-state index is 7.61. The monoisotopic (exact) mass is 1830 g/mol. The Kier molecular flexibility index (Phi) is 21.5. The van der Waals surface area contributed by atoms with E-state index < -0.39 is 0 Å². The van der Waals surface area contributed by atoms with Crippen LogP contribution in [0.5, 0.6) is 0 Å². The summed E-state index contributed by atoms with van der Waals surface area (Å²) in [4.78, 5) is 57.0. The molecule has 0 bridgehead atoms. The van der Waals surface area contributed by atoms with Gasteiger partial charge in [0.2, 0.25) is 0 Å². The summed E-state index contributed by atoms with van der Waals surface area (Å²) in [6.07, 6.45) is 0. The summed E-state index contributed by atoms with van der Waals surface area (Å²) in [5.74, 6) is 5.71. The summed E-state index contributed by atoms with van der Waals surface area (Å²) in [7, 11) is 0. The van der Waals surface area contributed by atoms with E-state index in [1.54, 1.807) is 0 Å². The van der Waals surface area contributed by atoms with E-state index in [9.17, 15) is 0 Å². The molecule has 0 saturated carbocycles. The zero-order valence-electron chi connectivity index (χ0n) is 79.3. The first kappa shape index (κ1) is 87.0. The molecule has 672 valence electrons. The molecular weight excluding hydrogens is 1740 g/mol. The highest BCUT2D eigenvalue weighted by molar-refractivity contribution is 6.02. The lowest BCUT2D eigenvalue weighted by Crippen LogP contribution is -2.14. The number of rotatable bonds is 12. The van der Waals surface area contributed by atoms with Gasteiger partial charge in [-0.1, -0.05) is 436 Å². The Hall–Kier alpha value is -18.8. The highest BCUT2D eigenvalue weighted by Crippen LogP contribution is 2.57. The van der Waals surface area contributed by atoms with Crippen molar-refractivity contribution in [3.05, 3.63) is 492 Å². The molecular formula is C131H88N12. The van der Waals surface area contributed by atoms with Gasteiger partial charge in [0.05, 0.1) is 19.7 Å². The van der Waals surface area contributed by atoms with Crippen molar-refractivity contribution in [3.63, 3.8) is 0 Å². The summed E-state index contributed by atoms with van der Waals surface area (Å²) in [6.45, 7) is 36.3. The lowest BCUT2D eigenvalue weighted by atomic mass is 9.82. The summed E-state index contributed by atoms with van der Waals surface area (Å²) in [5, 5.41) is 11.4. The van der Waals surface area contributed by atoms with E-state index in [0.717, 1.165) is 127 Å². The van der Waals surface area contributed by atoms with E-state index in [2.05, 4.69) is 426 Å². The zero-order valence-corrected chi connectivity index (χ0v) is 79.3. The van der Waals surface area contributed by atoms with E-state index in [1.165, 1.54) is 77.5 Å². The van der Waals surface area contributed by atoms with Gasteiger partial charge in [0.1, 0.15) is 0 Å². The summed E-state index contributed by atoms with van der Waals surface area (Å²) < 4.78 is 0. The molecule has 0 saturated heterocycles. The van der Waals surface area contributed by atoms with Gasteiger partial charge in [0, 0.05) is 66.3 Å². The average molecular weight is 1830 g/mol. The minimum Gasteiger partial charge on any atom is -0.238 e. The Morgan fingerprint density at radius 1 is 0.161 bits per heavy atom. The fourth-order valence-corrected chi connectivity index (χ4v) is 21.5. The van der Waals surface area contributed by atoms with E-state index in [-0.39, 0.29) is 16.2 Å². The first-order valence-corrected chi connectivity index (χ1v) is 48.0. The normalized spacial score (nSPS) is 12.8. The standard InChI is InChI=1S/2C45H30N4.C41H28N4/c1-45(2)39-23-11-20-35(41(39)38-25-24-32(46-3)27-40(38)45)30-16-8-17-31(26-30)42-47-43(36-21-9-14-28-12-4-6-18-33(28)36)49-44(48-42)37-22-10-15-29-13-5-7-19-34(29)37;1-45(2)39-17-9-16-37(41(39)38-23-22-36(46-3)27-40(38)45)32-14-8-15-33(26-32)42-47-43(34-20-18-28-10-4-6-12-30(28)24-34)49-44(48-42)35-21-19-29-11-5-7-13-31(29)25-35;1-41(2)35-21-11-19-32(37(35)34-23-22-30(42-3)25-36(34)41)28-16-9-17-29(24-28)39-43-38(27-13-5-4-6-14-27)44-40(45-39)33-20-10-15-26-12-7-8-18-31(26)33/h2*4-27H,1-2H3;4-25H,1-2H3. The van der Waals surface area contributed by atoms with E-state index >= 15 is 0 Å². The quantitative estimate of drug-likeness (QED) is 0.110. The van der Waals surface area contributed by atoms with Crippen molar-refractivity contribution in [2.75, 3.05) is 0 Å². The molecule has 3 aliphatic rings. The predicted molar refractivity (Wildman–Crippen MR) is 584 cm³/mol. The van der Waals surface area contributed by atoms with Gasteiger partial charge in [-0.25, -0.2) is 59.4 Å². The Labute approximate surface area is 829 Å². The fraction of sp³-hybridized carbons (Fsp3) is 0.0687. The molecule has 0 unspecified atom stereocenters. The lowest BCUT2D eigenvalue weighted by molar-refractivity contribution is 0.660. The largest absolute Gasteiger partial charge is 0.238 e. The molecule has 0 N–H and O–H groups in total. The number of hydrogen-bond donors (Lipinski definition) is 0. The number of nitrogens with zero attached hydrogens (tertiary/aromatic N) is 12. The fourth-order valence-electron chi connectivity index (χ4n) is 21.5. The second-order valence-corrected chi connectivity index (χ2v) is 38.3. The van der Waals surface area contributed by atoms with Crippen LogP contribution in [0.2, 0.25) is 0 Å². The maximum atomic E-state index is 7.61. The Morgan fingerprint density at radius 2 is 0.399 bits per heavy atom. The molecule has 0 amide bonds. The number of benzene rings is 20. The Bertz CT molecular complexity index is 9120. The van der Waals surface area contributed by atoms with Gasteiger partial charge < -0.3 is 0 Å². The second kappa shape index (κ2) is 35.3. The van der Waals surface area contributed by atoms with Crippen molar-refractivity contribution in [1.82, 2.24) is 44.9 Å². The van der Waals surface area contributed by atoms with Crippen LogP contribution in [0, 0.1) is 19.7 Å². The molecule has 0 atom stereocenters. The van der Waals surface area contributed by atoms with Crippen LogP contribution in [-0.2, 0) is 16.2 Å². The molecule has 0 aliphatic heterocycles. The van der Waals surface area contributed by atoms with Gasteiger partial charge in [-0.2, -0.15) is 0 Å². The second-order valence-electron chi connectivity index (χ2n) is 38.3. The number of hydrogen-bond acceptors (Lipinski definition) is 9. The molecule has 143 heavy (non-hydrogen) atoms. The molecule has 0 fully saturated rings. The van der Waals surface area contributed by atoms with Crippen molar-refractivity contribution < 1.29 is 0 Å². The van der Waals surface area contributed by atoms with Crippen LogP contribution in [0.1, 0.15) is 74.9 Å². The van der Waals surface area contributed by atoms with Crippen molar-refractivity contribution in [2.24, 2.45) is 0 Å². The summed E-state index contributed by atoms with van der Waals surface area (Å²) in [6, 6.07) is 147. The van der Waals surface area contributed by atoms with Gasteiger partial charge in [-0.3, -0.25) is 0 Å². The van der Waals surface area contributed by atoms with E-state index in [0.29, 0.717) is 69.5 Å². The molecule has 0 radical (unpaired) electrons. The molecule has 20 aromatic carbocycles. The van der Waals surface area contributed by atoms with Crippen LogP contribution in [0.25, 0.3) is 238 Å². The molecule has 0 spiro atoms. The van der Waals surface area contributed by atoms with Gasteiger partial charge >= 0.3 is 0 Å². The van der Waals surface area contributed by atoms with E-state index in [1.807, 2.05) is 54.6 Å². The molecule has 3 aromatic heterocycles. The summed E-state index contributed by atoms with van der Waals surface area (Å²) >= 11 is 0.